The summed E-state index contributed by atoms with van der Waals surface area (Å²) in [6.45, 7) is 7.74. The minimum absolute atomic E-state index is 0.396. The highest BCUT2D eigenvalue weighted by Gasteiger charge is 2.25. The van der Waals surface area contributed by atoms with Crippen LogP contribution in [0.3, 0.4) is 0 Å². The zero-order valence-corrected chi connectivity index (χ0v) is 8.44. The number of ether oxygens (including phenoxy) is 1. The molecule has 1 fully saturated rings. The molecule has 2 rings (SSSR count). The fourth-order valence-corrected chi connectivity index (χ4v) is 1.55. The first-order valence-electron chi connectivity index (χ1n) is 4.87. The molecule has 1 aromatic carbocycles. The molecule has 1 aliphatic heterocycles. The van der Waals surface area contributed by atoms with Gasteiger partial charge in [-0.1, -0.05) is 24.8 Å². The molecular weight excluding hydrogens is 174 g/mol. The number of hydrogen-bond donors (Lipinski definition) is 0. The maximum absolute atomic E-state index is 5.21. The summed E-state index contributed by atoms with van der Waals surface area (Å²) in [4.78, 5) is 2.15. The maximum atomic E-state index is 5.21. The predicted molar refractivity (Wildman–Crippen MR) is 58.5 cm³/mol. The Morgan fingerprint density at radius 2 is 2.29 bits per heavy atom. The summed E-state index contributed by atoms with van der Waals surface area (Å²) < 4.78 is 5.21. The fraction of sp³-hybridized carbons (Fsp3) is 0.333. The fourth-order valence-electron chi connectivity index (χ4n) is 1.55. The van der Waals surface area contributed by atoms with Crippen LogP contribution in [0.15, 0.2) is 37.0 Å². The van der Waals surface area contributed by atoms with Crippen LogP contribution < -0.4 is 4.90 Å². The lowest BCUT2D eigenvalue weighted by Gasteiger charge is -2.20. The Bertz CT molecular complexity index is 331. The van der Waals surface area contributed by atoms with Gasteiger partial charge in [0.05, 0.1) is 19.3 Å². The molecule has 0 bridgehead atoms. The van der Waals surface area contributed by atoms with Crippen LogP contribution in [0.5, 0.6) is 0 Å². The highest BCUT2D eigenvalue weighted by atomic mass is 16.6. The number of rotatable bonds is 4. The Hall–Kier alpha value is -1.28. The molecule has 0 amide bonds. The Morgan fingerprint density at radius 3 is 2.86 bits per heavy atom. The van der Waals surface area contributed by atoms with Crippen molar-refractivity contribution in [2.24, 2.45) is 0 Å². The molecule has 0 radical (unpaired) electrons. The molecule has 0 saturated carbocycles. The van der Waals surface area contributed by atoms with E-state index < -0.39 is 0 Å². The molecule has 1 aromatic rings. The molecular formula is C12H15NO. The van der Waals surface area contributed by atoms with Gasteiger partial charge in [0.15, 0.2) is 0 Å². The van der Waals surface area contributed by atoms with Crippen molar-refractivity contribution in [2.75, 3.05) is 18.1 Å². The monoisotopic (exact) mass is 189 g/mol. The average Bonchev–Trinajstić information content (AvgIpc) is 2.99. The minimum atomic E-state index is 0.396. The van der Waals surface area contributed by atoms with E-state index in [4.69, 9.17) is 4.74 Å². The van der Waals surface area contributed by atoms with E-state index in [9.17, 15) is 0 Å². The Labute approximate surface area is 84.8 Å². The van der Waals surface area contributed by atoms with E-state index in [2.05, 4.69) is 30.5 Å². The number of para-hydroxylation sites is 1. The Morgan fingerprint density at radius 1 is 1.57 bits per heavy atom. The van der Waals surface area contributed by atoms with Crippen LogP contribution in [0.25, 0.3) is 0 Å². The largest absolute Gasteiger partial charge is 0.371 e. The summed E-state index contributed by atoms with van der Waals surface area (Å²) >= 11 is 0. The van der Waals surface area contributed by atoms with Crippen molar-refractivity contribution in [3.05, 3.63) is 42.6 Å². The van der Waals surface area contributed by atoms with Crippen LogP contribution in [0.2, 0.25) is 0 Å². The first kappa shape index (κ1) is 9.28. The van der Waals surface area contributed by atoms with Crippen molar-refractivity contribution in [3.63, 3.8) is 0 Å². The summed E-state index contributed by atoms with van der Waals surface area (Å²) in [7, 11) is 0. The number of anilines is 1. The van der Waals surface area contributed by atoms with Gasteiger partial charge in [0, 0.05) is 5.69 Å². The van der Waals surface area contributed by atoms with Gasteiger partial charge >= 0.3 is 0 Å². The Kier molecular flexibility index (Phi) is 2.55. The average molecular weight is 189 g/mol. The van der Waals surface area contributed by atoms with E-state index in [0.717, 1.165) is 13.2 Å². The second kappa shape index (κ2) is 3.84. The third-order valence-corrected chi connectivity index (χ3v) is 2.45. The topological polar surface area (TPSA) is 15.8 Å². The molecule has 1 atom stereocenters. The summed E-state index contributed by atoms with van der Waals surface area (Å²) in [5.74, 6) is 0. The lowest BCUT2D eigenvalue weighted by Crippen LogP contribution is -2.21. The molecule has 0 spiro atoms. The second-order valence-electron chi connectivity index (χ2n) is 3.58. The van der Waals surface area contributed by atoms with Crippen molar-refractivity contribution >= 4 is 5.69 Å². The van der Waals surface area contributed by atoms with E-state index >= 15 is 0 Å². The molecule has 0 N–H and O–H groups in total. The lowest BCUT2D eigenvalue weighted by molar-refractivity contribution is 0.411. The summed E-state index contributed by atoms with van der Waals surface area (Å²) in [6, 6.07) is 8.32. The van der Waals surface area contributed by atoms with Gasteiger partial charge in [-0.15, -0.1) is 0 Å². The van der Waals surface area contributed by atoms with E-state index in [1.165, 1.54) is 11.3 Å². The van der Waals surface area contributed by atoms with Gasteiger partial charge in [-0.05, 0) is 24.8 Å². The van der Waals surface area contributed by atoms with E-state index in [0.29, 0.717) is 6.10 Å². The van der Waals surface area contributed by atoms with Crippen LogP contribution in [0.4, 0.5) is 5.69 Å². The molecule has 0 aliphatic carbocycles. The third kappa shape index (κ3) is 1.96. The van der Waals surface area contributed by atoms with Crippen molar-refractivity contribution in [3.8, 4) is 0 Å². The maximum Gasteiger partial charge on any atom is 0.0988 e. The zero-order valence-electron chi connectivity index (χ0n) is 8.44. The van der Waals surface area contributed by atoms with Crippen molar-refractivity contribution in [1.29, 1.82) is 0 Å². The molecule has 14 heavy (non-hydrogen) atoms. The first-order valence-corrected chi connectivity index (χ1v) is 4.87. The van der Waals surface area contributed by atoms with Crippen molar-refractivity contribution < 1.29 is 4.74 Å². The summed E-state index contributed by atoms with van der Waals surface area (Å²) in [5, 5.41) is 0. The number of benzene rings is 1. The molecule has 2 heteroatoms. The third-order valence-electron chi connectivity index (χ3n) is 2.45. The molecule has 1 saturated heterocycles. The van der Waals surface area contributed by atoms with Gasteiger partial charge in [-0.2, -0.15) is 0 Å². The zero-order chi connectivity index (χ0) is 9.97. The second-order valence-corrected chi connectivity index (χ2v) is 3.58. The van der Waals surface area contributed by atoms with Gasteiger partial charge in [-0.25, -0.2) is 0 Å². The lowest BCUT2D eigenvalue weighted by atomic mass is 10.2. The molecule has 1 aliphatic rings. The van der Waals surface area contributed by atoms with Gasteiger partial charge in [0.2, 0.25) is 0 Å². The highest BCUT2D eigenvalue weighted by Crippen LogP contribution is 2.22. The molecule has 1 heterocycles. The van der Waals surface area contributed by atoms with Gasteiger partial charge in [0.25, 0.3) is 0 Å². The molecule has 2 nitrogen and oxygen atoms in total. The number of epoxide rings is 1. The van der Waals surface area contributed by atoms with Crippen LogP contribution in [-0.4, -0.2) is 19.3 Å². The van der Waals surface area contributed by atoms with Crippen LogP contribution in [-0.2, 0) is 4.74 Å². The van der Waals surface area contributed by atoms with Crippen LogP contribution >= 0.6 is 0 Å². The predicted octanol–water partition coefficient (Wildman–Crippen LogP) is 2.34. The summed E-state index contributed by atoms with van der Waals surface area (Å²) in [6.07, 6.45) is 2.26. The quantitative estimate of drug-likeness (QED) is 0.676. The van der Waals surface area contributed by atoms with Crippen molar-refractivity contribution in [2.45, 2.75) is 13.0 Å². The molecule has 74 valence electrons. The summed E-state index contributed by atoms with van der Waals surface area (Å²) in [5.41, 5.74) is 2.49. The number of hydrogen-bond acceptors (Lipinski definition) is 2. The smallest absolute Gasteiger partial charge is 0.0988 e. The van der Waals surface area contributed by atoms with E-state index in [-0.39, 0.29) is 0 Å². The van der Waals surface area contributed by atoms with Gasteiger partial charge in [0.1, 0.15) is 0 Å². The van der Waals surface area contributed by atoms with E-state index in [1.807, 2.05) is 18.3 Å². The first-order chi connectivity index (χ1) is 6.81. The highest BCUT2D eigenvalue weighted by molar-refractivity contribution is 5.55. The minimum Gasteiger partial charge on any atom is -0.371 e. The van der Waals surface area contributed by atoms with E-state index in [1.54, 1.807) is 0 Å². The molecule has 1 unspecified atom stereocenters. The molecule has 0 aromatic heterocycles. The standard InChI is InChI=1S/C12H15NO/c1-3-13(8-11-9-14-11)12-7-5-4-6-10(12)2/h3-7,11H,1,8-9H2,2H3. The number of aryl methyl sites for hydroxylation is 1. The van der Waals surface area contributed by atoms with Gasteiger partial charge in [-0.3, -0.25) is 0 Å². The van der Waals surface area contributed by atoms with Crippen molar-refractivity contribution in [1.82, 2.24) is 0 Å². The SMILES string of the molecule is C=CN(CC1CO1)c1ccccc1C. The van der Waals surface area contributed by atoms with Crippen LogP contribution in [0, 0.1) is 6.92 Å². The van der Waals surface area contributed by atoms with Gasteiger partial charge < -0.3 is 9.64 Å². The number of nitrogens with zero attached hydrogens (tertiary/aromatic N) is 1. The normalized spacial score (nSPS) is 19.1. The van der Waals surface area contributed by atoms with Crippen LogP contribution in [0.1, 0.15) is 5.56 Å². The Balaban J connectivity index is 2.16.